The number of nitro groups is 1. The Bertz CT molecular complexity index is 1520. The highest BCUT2D eigenvalue weighted by atomic mass is 16.6. The van der Waals surface area contributed by atoms with Crippen LogP contribution in [0.2, 0.25) is 0 Å². The first-order chi connectivity index (χ1) is 19.7. The minimum atomic E-state index is -0.498. The van der Waals surface area contributed by atoms with Gasteiger partial charge in [-0.05, 0) is 74.6 Å². The van der Waals surface area contributed by atoms with E-state index in [0.29, 0.717) is 53.9 Å². The first-order valence-corrected chi connectivity index (χ1v) is 13.6. The molecule has 3 aromatic carbocycles. The number of nitro benzene ring substituents is 1. The SMILES string of the molecule is COc1cc(Oc2ccc(OCCCOc3cc4c(cc3C)C(=O)N3CCC[C@H]3C=N4)cc2[N+](=O)[O-])cc(C)c1C. The molecule has 10 heteroatoms. The van der Waals surface area contributed by atoms with Crippen molar-refractivity contribution in [3.63, 3.8) is 0 Å². The van der Waals surface area contributed by atoms with Crippen molar-refractivity contribution in [2.75, 3.05) is 26.9 Å². The number of fused-ring (bicyclic) bond motifs is 2. The fourth-order valence-electron chi connectivity index (χ4n) is 5.07. The molecule has 214 valence electrons. The summed E-state index contributed by atoms with van der Waals surface area (Å²) < 4.78 is 23.0. The van der Waals surface area contributed by atoms with Crippen molar-refractivity contribution < 1.29 is 28.7 Å². The maximum atomic E-state index is 13.0. The molecule has 1 fully saturated rings. The van der Waals surface area contributed by atoms with E-state index in [2.05, 4.69) is 4.99 Å². The summed E-state index contributed by atoms with van der Waals surface area (Å²) in [5.74, 6) is 2.24. The molecular weight excluding hydrogens is 526 g/mol. The van der Waals surface area contributed by atoms with Crippen LogP contribution in [0.25, 0.3) is 0 Å². The molecule has 41 heavy (non-hydrogen) atoms. The molecule has 2 aliphatic heterocycles. The molecule has 0 radical (unpaired) electrons. The number of nitrogens with zero attached hydrogens (tertiary/aromatic N) is 3. The Kier molecular flexibility index (Phi) is 8.09. The largest absolute Gasteiger partial charge is 0.496 e. The second-order valence-corrected chi connectivity index (χ2v) is 10.2. The molecule has 0 spiro atoms. The molecule has 1 amide bonds. The monoisotopic (exact) mass is 559 g/mol. The smallest absolute Gasteiger partial charge is 0.315 e. The van der Waals surface area contributed by atoms with Gasteiger partial charge in [-0.25, -0.2) is 0 Å². The van der Waals surface area contributed by atoms with E-state index in [1.165, 1.54) is 12.1 Å². The van der Waals surface area contributed by atoms with Gasteiger partial charge in [-0.3, -0.25) is 19.9 Å². The molecule has 1 saturated heterocycles. The van der Waals surface area contributed by atoms with Crippen LogP contribution in [-0.2, 0) is 0 Å². The number of carbonyl (C=O) groups excluding carboxylic acids is 1. The van der Waals surface area contributed by atoms with Gasteiger partial charge < -0.3 is 23.8 Å². The van der Waals surface area contributed by atoms with Crippen LogP contribution in [0.15, 0.2) is 47.5 Å². The third-order valence-corrected chi connectivity index (χ3v) is 7.45. The summed E-state index contributed by atoms with van der Waals surface area (Å²) in [6.07, 6.45) is 4.33. The normalized spacial score (nSPS) is 15.7. The number of ether oxygens (including phenoxy) is 4. The molecule has 0 saturated carbocycles. The summed E-state index contributed by atoms with van der Waals surface area (Å²) in [5, 5.41) is 11.8. The number of amides is 1. The highest BCUT2D eigenvalue weighted by molar-refractivity contribution is 6.03. The van der Waals surface area contributed by atoms with Crippen LogP contribution in [0.4, 0.5) is 11.4 Å². The molecule has 5 rings (SSSR count). The van der Waals surface area contributed by atoms with Gasteiger partial charge in [0.2, 0.25) is 5.75 Å². The van der Waals surface area contributed by atoms with Crippen molar-refractivity contribution in [2.24, 2.45) is 4.99 Å². The molecule has 0 unspecified atom stereocenters. The first-order valence-electron chi connectivity index (χ1n) is 13.6. The quantitative estimate of drug-likeness (QED) is 0.158. The number of hydrogen-bond acceptors (Lipinski definition) is 8. The Morgan fingerprint density at radius 1 is 0.976 bits per heavy atom. The van der Waals surface area contributed by atoms with Crippen LogP contribution < -0.4 is 18.9 Å². The summed E-state index contributed by atoms with van der Waals surface area (Å²) >= 11 is 0. The van der Waals surface area contributed by atoms with Crippen molar-refractivity contribution in [1.29, 1.82) is 0 Å². The number of methoxy groups -OCH3 is 1. The van der Waals surface area contributed by atoms with Gasteiger partial charge in [0.25, 0.3) is 5.91 Å². The number of aliphatic imine (C=N–C) groups is 1. The van der Waals surface area contributed by atoms with Gasteiger partial charge in [-0.15, -0.1) is 0 Å². The van der Waals surface area contributed by atoms with Crippen LogP contribution in [0, 0.1) is 30.9 Å². The fraction of sp³-hybridized carbons (Fsp3) is 0.355. The summed E-state index contributed by atoms with van der Waals surface area (Å²) in [7, 11) is 1.57. The maximum Gasteiger partial charge on any atom is 0.315 e. The van der Waals surface area contributed by atoms with E-state index >= 15 is 0 Å². The van der Waals surface area contributed by atoms with E-state index in [4.69, 9.17) is 18.9 Å². The van der Waals surface area contributed by atoms with Crippen molar-refractivity contribution >= 4 is 23.5 Å². The second-order valence-electron chi connectivity index (χ2n) is 10.2. The topological polar surface area (TPSA) is 113 Å². The number of benzene rings is 3. The second kappa shape index (κ2) is 11.9. The van der Waals surface area contributed by atoms with Crippen molar-refractivity contribution in [3.05, 3.63) is 74.8 Å². The van der Waals surface area contributed by atoms with Crippen molar-refractivity contribution in [1.82, 2.24) is 4.90 Å². The Labute approximate surface area is 238 Å². The predicted octanol–water partition coefficient (Wildman–Crippen LogP) is 6.49. The first kappa shape index (κ1) is 27.9. The number of aryl methyl sites for hydroxylation is 2. The zero-order chi connectivity index (χ0) is 29.1. The van der Waals surface area contributed by atoms with E-state index < -0.39 is 4.92 Å². The summed E-state index contributed by atoms with van der Waals surface area (Å²) in [5.41, 5.74) is 3.81. The maximum absolute atomic E-state index is 13.0. The Hall–Kier alpha value is -4.60. The molecule has 1 atom stereocenters. The van der Waals surface area contributed by atoms with E-state index in [-0.39, 0.29) is 23.4 Å². The van der Waals surface area contributed by atoms with Gasteiger partial charge in [0.05, 0.1) is 48.6 Å². The molecule has 2 heterocycles. The lowest BCUT2D eigenvalue weighted by Crippen LogP contribution is -2.35. The molecule has 3 aromatic rings. The average molecular weight is 560 g/mol. The third kappa shape index (κ3) is 5.96. The van der Waals surface area contributed by atoms with E-state index in [0.717, 1.165) is 36.1 Å². The standard InChI is InChI=1S/C31H33N3O7/c1-19-13-24(16-30(38-4)21(19)3)41-28-9-8-23(15-27(28)34(36)37)39-11-6-12-40-29-17-26-25(14-20(29)2)31(35)33-10-5-7-22(33)18-32-26/h8-9,13-18,22H,5-7,10-12H2,1-4H3/t22-/m0/s1. The lowest BCUT2D eigenvalue weighted by atomic mass is 10.1. The van der Waals surface area contributed by atoms with Crippen LogP contribution in [-0.4, -0.2) is 54.9 Å². The molecule has 2 aliphatic rings. The van der Waals surface area contributed by atoms with Crippen molar-refractivity contribution in [2.45, 2.75) is 46.1 Å². The molecule has 10 nitrogen and oxygen atoms in total. The summed E-state index contributed by atoms with van der Waals surface area (Å²) in [6, 6.07) is 11.7. The predicted molar refractivity (Wildman–Crippen MR) is 155 cm³/mol. The van der Waals surface area contributed by atoms with Gasteiger partial charge in [-0.2, -0.15) is 0 Å². The van der Waals surface area contributed by atoms with E-state index in [1.807, 2.05) is 50.1 Å². The molecule has 0 N–H and O–H groups in total. The number of hydrogen-bond donors (Lipinski definition) is 0. The summed E-state index contributed by atoms with van der Waals surface area (Å²) in [6.45, 7) is 7.18. The zero-order valence-electron chi connectivity index (χ0n) is 23.6. The van der Waals surface area contributed by atoms with Gasteiger partial charge in [0, 0.05) is 31.3 Å². The molecule has 0 aliphatic carbocycles. The fourth-order valence-corrected chi connectivity index (χ4v) is 5.07. The highest BCUT2D eigenvalue weighted by Crippen LogP contribution is 2.37. The van der Waals surface area contributed by atoms with Gasteiger partial charge in [0.15, 0.2) is 0 Å². The lowest BCUT2D eigenvalue weighted by molar-refractivity contribution is -0.385. The van der Waals surface area contributed by atoms with Crippen LogP contribution in [0.3, 0.4) is 0 Å². The number of rotatable bonds is 10. The highest BCUT2D eigenvalue weighted by Gasteiger charge is 2.32. The summed E-state index contributed by atoms with van der Waals surface area (Å²) in [4.78, 5) is 30.7. The molecular formula is C31H33N3O7. The molecule has 0 bridgehead atoms. The molecule has 0 aromatic heterocycles. The van der Waals surface area contributed by atoms with Crippen LogP contribution in [0.1, 0.15) is 46.3 Å². The Morgan fingerprint density at radius 3 is 2.56 bits per heavy atom. The van der Waals surface area contributed by atoms with E-state index in [1.54, 1.807) is 19.2 Å². The van der Waals surface area contributed by atoms with Gasteiger partial charge in [0.1, 0.15) is 23.0 Å². The lowest BCUT2D eigenvalue weighted by Gasteiger charge is -2.20. The zero-order valence-corrected chi connectivity index (χ0v) is 23.6. The van der Waals surface area contributed by atoms with Crippen molar-refractivity contribution in [3.8, 4) is 28.7 Å². The van der Waals surface area contributed by atoms with E-state index in [9.17, 15) is 14.9 Å². The Morgan fingerprint density at radius 2 is 1.78 bits per heavy atom. The van der Waals surface area contributed by atoms with Crippen LogP contribution >= 0.6 is 0 Å². The third-order valence-electron chi connectivity index (χ3n) is 7.45. The average Bonchev–Trinajstić information content (AvgIpc) is 3.39. The minimum Gasteiger partial charge on any atom is -0.496 e. The number of carbonyl (C=O) groups is 1. The van der Waals surface area contributed by atoms with Crippen LogP contribution in [0.5, 0.6) is 28.7 Å². The van der Waals surface area contributed by atoms with Gasteiger partial charge >= 0.3 is 5.69 Å². The van der Waals surface area contributed by atoms with Gasteiger partial charge in [-0.1, -0.05) is 0 Å². The Balaban J connectivity index is 1.18. The minimum absolute atomic E-state index is 0.0160.